The third-order valence-electron chi connectivity index (χ3n) is 5.83. The predicted octanol–water partition coefficient (Wildman–Crippen LogP) is 3.47. The van der Waals surface area contributed by atoms with Crippen molar-refractivity contribution in [3.05, 3.63) is 29.8 Å². The first-order valence-electron chi connectivity index (χ1n) is 10.5. The minimum absolute atomic E-state index is 0.747. The Morgan fingerprint density at radius 1 is 1.00 bits per heavy atom. The SMILES string of the molecule is CN(C)CCOc1cccc(CN2CCCN(C3CCCCC3)CC2)c1. The lowest BCUT2D eigenvalue weighted by Crippen LogP contribution is -2.39. The molecule has 0 unspecified atom stereocenters. The van der Waals surface area contributed by atoms with Gasteiger partial charge in [0.25, 0.3) is 0 Å². The molecule has 4 heteroatoms. The normalized spacial score (nSPS) is 21.0. The monoisotopic (exact) mass is 359 g/mol. The van der Waals surface area contributed by atoms with Crippen molar-refractivity contribution in [2.24, 2.45) is 0 Å². The highest BCUT2D eigenvalue weighted by molar-refractivity contribution is 5.28. The first-order chi connectivity index (χ1) is 12.7. The summed E-state index contributed by atoms with van der Waals surface area (Å²) in [5, 5.41) is 0. The van der Waals surface area contributed by atoms with Gasteiger partial charge in [0.05, 0.1) is 0 Å². The van der Waals surface area contributed by atoms with Gasteiger partial charge in [0, 0.05) is 32.2 Å². The lowest BCUT2D eigenvalue weighted by atomic mass is 9.94. The van der Waals surface area contributed by atoms with Gasteiger partial charge in [-0.2, -0.15) is 0 Å². The number of hydrogen-bond donors (Lipinski definition) is 0. The predicted molar refractivity (Wildman–Crippen MR) is 109 cm³/mol. The van der Waals surface area contributed by atoms with Gasteiger partial charge in [0.1, 0.15) is 12.4 Å². The van der Waals surface area contributed by atoms with Crippen LogP contribution in [0.4, 0.5) is 0 Å². The summed E-state index contributed by atoms with van der Waals surface area (Å²) in [6, 6.07) is 9.53. The third kappa shape index (κ3) is 6.26. The average Bonchev–Trinajstić information content (AvgIpc) is 2.88. The molecule has 0 aromatic heterocycles. The fraction of sp³-hybridized carbons (Fsp3) is 0.727. The Balaban J connectivity index is 1.47. The lowest BCUT2D eigenvalue weighted by Gasteiger charge is -2.33. The summed E-state index contributed by atoms with van der Waals surface area (Å²) < 4.78 is 5.90. The number of likely N-dealkylation sites (N-methyl/N-ethyl adjacent to an activating group) is 1. The minimum atomic E-state index is 0.747. The zero-order valence-electron chi connectivity index (χ0n) is 16.8. The highest BCUT2D eigenvalue weighted by atomic mass is 16.5. The van der Waals surface area contributed by atoms with Crippen LogP contribution in [0.1, 0.15) is 44.1 Å². The highest BCUT2D eigenvalue weighted by Gasteiger charge is 2.23. The van der Waals surface area contributed by atoms with E-state index in [-0.39, 0.29) is 0 Å². The Kier molecular flexibility index (Phi) is 7.78. The lowest BCUT2D eigenvalue weighted by molar-refractivity contribution is 0.158. The van der Waals surface area contributed by atoms with Crippen LogP contribution in [0.2, 0.25) is 0 Å². The maximum Gasteiger partial charge on any atom is 0.119 e. The first-order valence-corrected chi connectivity index (χ1v) is 10.5. The Morgan fingerprint density at radius 2 is 1.85 bits per heavy atom. The molecular weight excluding hydrogens is 322 g/mol. The summed E-state index contributed by atoms with van der Waals surface area (Å²) in [7, 11) is 4.16. The molecule has 1 aliphatic carbocycles. The fourth-order valence-corrected chi connectivity index (χ4v) is 4.30. The van der Waals surface area contributed by atoms with E-state index in [0.29, 0.717) is 0 Å². The molecule has 1 aliphatic heterocycles. The fourth-order valence-electron chi connectivity index (χ4n) is 4.30. The van der Waals surface area contributed by atoms with Gasteiger partial charge in [-0.25, -0.2) is 0 Å². The molecule has 0 atom stereocenters. The van der Waals surface area contributed by atoms with E-state index in [0.717, 1.165) is 31.5 Å². The van der Waals surface area contributed by atoms with Crippen LogP contribution in [0.3, 0.4) is 0 Å². The quantitative estimate of drug-likeness (QED) is 0.742. The van der Waals surface area contributed by atoms with Crippen LogP contribution in [-0.4, -0.2) is 74.2 Å². The van der Waals surface area contributed by atoms with Crippen molar-refractivity contribution in [1.82, 2.24) is 14.7 Å². The largest absolute Gasteiger partial charge is 0.492 e. The van der Waals surface area contributed by atoms with Crippen molar-refractivity contribution >= 4 is 0 Å². The number of nitrogens with zero attached hydrogens (tertiary/aromatic N) is 3. The van der Waals surface area contributed by atoms with Crippen molar-refractivity contribution in [2.75, 3.05) is 53.4 Å². The Hall–Kier alpha value is -1.10. The van der Waals surface area contributed by atoms with Crippen molar-refractivity contribution < 1.29 is 4.74 Å². The van der Waals surface area contributed by atoms with Gasteiger partial charge in [0.2, 0.25) is 0 Å². The Morgan fingerprint density at radius 3 is 2.65 bits per heavy atom. The van der Waals surface area contributed by atoms with Crippen LogP contribution in [0.25, 0.3) is 0 Å². The van der Waals surface area contributed by atoms with Crippen LogP contribution >= 0.6 is 0 Å². The zero-order chi connectivity index (χ0) is 18.2. The molecule has 1 saturated carbocycles. The van der Waals surface area contributed by atoms with Crippen LogP contribution < -0.4 is 4.74 Å². The summed E-state index contributed by atoms with van der Waals surface area (Å²) in [5.74, 6) is 1.00. The van der Waals surface area contributed by atoms with Crippen molar-refractivity contribution in [2.45, 2.75) is 51.1 Å². The summed E-state index contributed by atoms with van der Waals surface area (Å²) in [6.07, 6.45) is 8.47. The van der Waals surface area contributed by atoms with Gasteiger partial charge in [-0.3, -0.25) is 9.80 Å². The number of rotatable bonds is 7. The number of hydrogen-bond acceptors (Lipinski definition) is 4. The molecule has 26 heavy (non-hydrogen) atoms. The van der Waals surface area contributed by atoms with Crippen LogP contribution in [0.15, 0.2) is 24.3 Å². The second kappa shape index (κ2) is 10.3. The molecule has 0 spiro atoms. The molecule has 3 rings (SSSR count). The molecule has 0 amide bonds. The maximum absolute atomic E-state index is 5.90. The minimum Gasteiger partial charge on any atom is -0.492 e. The molecule has 0 bridgehead atoms. The Bertz CT molecular complexity index is 528. The van der Waals surface area contributed by atoms with Crippen molar-refractivity contribution in [3.63, 3.8) is 0 Å². The van der Waals surface area contributed by atoms with Gasteiger partial charge in [-0.1, -0.05) is 31.4 Å². The first kappa shape index (κ1) is 19.7. The molecule has 1 aromatic carbocycles. The van der Waals surface area contributed by atoms with E-state index in [2.05, 4.69) is 53.1 Å². The van der Waals surface area contributed by atoms with E-state index in [1.54, 1.807) is 0 Å². The van der Waals surface area contributed by atoms with E-state index in [1.807, 2.05) is 0 Å². The zero-order valence-corrected chi connectivity index (χ0v) is 16.8. The highest BCUT2D eigenvalue weighted by Crippen LogP contribution is 2.24. The summed E-state index contributed by atoms with van der Waals surface area (Å²) in [6.45, 7) is 7.68. The molecule has 2 fully saturated rings. The van der Waals surface area contributed by atoms with Gasteiger partial charge < -0.3 is 9.64 Å². The molecule has 2 aliphatic rings. The number of ether oxygens (including phenoxy) is 1. The molecule has 0 radical (unpaired) electrons. The van der Waals surface area contributed by atoms with Crippen LogP contribution in [-0.2, 0) is 6.54 Å². The molecule has 1 heterocycles. The summed E-state index contributed by atoms with van der Waals surface area (Å²) >= 11 is 0. The maximum atomic E-state index is 5.90. The second-order valence-electron chi connectivity index (χ2n) is 8.26. The van der Waals surface area contributed by atoms with Gasteiger partial charge in [-0.05, 0) is 64.1 Å². The average molecular weight is 360 g/mol. The van der Waals surface area contributed by atoms with Gasteiger partial charge in [-0.15, -0.1) is 0 Å². The molecule has 1 aromatic rings. The molecule has 0 N–H and O–H groups in total. The van der Waals surface area contributed by atoms with Crippen molar-refractivity contribution in [3.8, 4) is 5.75 Å². The molecule has 4 nitrogen and oxygen atoms in total. The van der Waals surface area contributed by atoms with Crippen LogP contribution in [0.5, 0.6) is 5.75 Å². The number of benzene rings is 1. The van der Waals surface area contributed by atoms with Crippen LogP contribution in [0, 0.1) is 0 Å². The summed E-state index contributed by atoms with van der Waals surface area (Å²) in [4.78, 5) is 7.56. The molecule has 146 valence electrons. The second-order valence-corrected chi connectivity index (χ2v) is 8.26. The van der Waals surface area contributed by atoms with E-state index in [4.69, 9.17) is 4.74 Å². The van der Waals surface area contributed by atoms with Crippen molar-refractivity contribution in [1.29, 1.82) is 0 Å². The van der Waals surface area contributed by atoms with E-state index in [9.17, 15) is 0 Å². The molecular formula is C22H37N3O. The topological polar surface area (TPSA) is 19.0 Å². The summed E-state index contributed by atoms with van der Waals surface area (Å²) in [5.41, 5.74) is 1.37. The van der Waals surface area contributed by atoms with Gasteiger partial charge in [0.15, 0.2) is 0 Å². The van der Waals surface area contributed by atoms with E-state index >= 15 is 0 Å². The molecule has 1 saturated heterocycles. The smallest absolute Gasteiger partial charge is 0.119 e. The third-order valence-corrected chi connectivity index (χ3v) is 5.83. The standard InChI is InChI=1S/C22H37N3O/c1-23(2)16-17-26-22-11-6-8-20(18-22)19-24-12-7-13-25(15-14-24)21-9-4-3-5-10-21/h6,8,11,18,21H,3-5,7,9-10,12-17,19H2,1-2H3. The van der Waals surface area contributed by atoms with E-state index < -0.39 is 0 Å². The Labute approximate surface area is 160 Å². The van der Waals surface area contributed by atoms with Gasteiger partial charge >= 0.3 is 0 Å². The van der Waals surface area contributed by atoms with E-state index in [1.165, 1.54) is 70.3 Å².